The van der Waals surface area contributed by atoms with Crippen LogP contribution in [0, 0.1) is 0 Å². The molecule has 0 saturated carbocycles. The summed E-state index contributed by atoms with van der Waals surface area (Å²) in [5.74, 6) is 0.846. The summed E-state index contributed by atoms with van der Waals surface area (Å²) in [6.07, 6.45) is 3.53. The molecule has 6 aromatic rings. The van der Waals surface area contributed by atoms with Crippen LogP contribution in [0.15, 0.2) is 95.7 Å². The summed E-state index contributed by atoms with van der Waals surface area (Å²) in [7, 11) is 0. The van der Waals surface area contributed by atoms with Crippen LogP contribution in [-0.2, 0) is 0 Å². The molecule has 4 heterocycles. The average Bonchev–Trinajstić information content (AvgIpc) is 3.37. The van der Waals surface area contributed by atoms with Gasteiger partial charge in [0.2, 0.25) is 0 Å². The molecule has 2 aromatic carbocycles. The zero-order chi connectivity index (χ0) is 18.5. The van der Waals surface area contributed by atoms with E-state index in [-0.39, 0.29) is 0 Å². The van der Waals surface area contributed by atoms with Gasteiger partial charge in [0.05, 0.1) is 28.7 Å². The number of furan rings is 1. The van der Waals surface area contributed by atoms with E-state index in [0.29, 0.717) is 0 Å². The van der Waals surface area contributed by atoms with E-state index in [0.717, 1.165) is 44.6 Å². The molecular weight excluding hydrogens is 346 g/mol. The maximum absolute atomic E-state index is 5.88. The predicted molar refractivity (Wildman–Crippen MR) is 112 cm³/mol. The maximum Gasteiger partial charge on any atom is 0.158 e. The monoisotopic (exact) mass is 361 g/mol. The molecule has 0 aliphatic rings. The van der Waals surface area contributed by atoms with Gasteiger partial charge in [-0.1, -0.05) is 42.5 Å². The Morgan fingerprint density at radius 1 is 0.714 bits per heavy atom. The zero-order valence-corrected chi connectivity index (χ0v) is 14.9. The van der Waals surface area contributed by atoms with E-state index in [1.165, 1.54) is 5.39 Å². The van der Waals surface area contributed by atoms with Crippen molar-refractivity contribution in [2.45, 2.75) is 0 Å². The van der Waals surface area contributed by atoms with Crippen molar-refractivity contribution in [3.05, 3.63) is 91.3 Å². The van der Waals surface area contributed by atoms with Crippen LogP contribution in [-0.4, -0.2) is 14.5 Å². The predicted octanol–water partition coefficient (Wildman–Crippen LogP) is 5.99. The molecule has 6 rings (SSSR count). The first-order valence-corrected chi connectivity index (χ1v) is 9.18. The number of hydrogen-bond acceptors (Lipinski definition) is 3. The largest absolute Gasteiger partial charge is 0.462 e. The fraction of sp³-hybridized carbons (Fsp3) is 0. The van der Waals surface area contributed by atoms with Gasteiger partial charge in [0.25, 0.3) is 0 Å². The van der Waals surface area contributed by atoms with Gasteiger partial charge in [-0.2, -0.15) is 0 Å². The Balaban J connectivity index is 1.73. The van der Waals surface area contributed by atoms with E-state index in [1.54, 1.807) is 12.5 Å². The highest BCUT2D eigenvalue weighted by Gasteiger charge is 2.17. The Labute approximate surface area is 160 Å². The lowest BCUT2D eigenvalue weighted by Crippen LogP contribution is -1.99. The van der Waals surface area contributed by atoms with Gasteiger partial charge in [0, 0.05) is 22.4 Å². The topological polar surface area (TPSA) is 43.9 Å². The number of aromatic nitrogens is 3. The quantitative estimate of drug-likeness (QED) is 0.381. The Hall–Kier alpha value is -3.92. The highest BCUT2D eigenvalue weighted by Crippen LogP contribution is 2.36. The summed E-state index contributed by atoms with van der Waals surface area (Å²) < 4.78 is 8.06. The van der Waals surface area contributed by atoms with Gasteiger partial charge in [-0.15, -0.1) is 0 Å². The van der Waals surface area contributed by atoms with Crippen molar-refractivity contribution in [3.8, 4) is 17.2 Å². The molecule has 0 spiro atoms. The summed E-state index contributed by atoms with van der Waals surface area (Å²) in [6, 6.07) is 26.6. The first-order valence-electron chi connectivity index (χ1n) is 9.18. The number of hydrogen-bond donors (Lipinski definition) is 0. The lowest BCUT2D eigenvalue weighted by Gasteiger charge is -2.09. The van der Waals surface area contributed by atoms with Gasteiger partial charge >= 0.3 is 0 Å². The molecule has 0 radical (unpaired) electrons. The van der Waals surface area contributed by atoms with Crippen LogP contribution in [0.5, 0.6) is 0 Å². The molecule has 132 valence electrons. The second kappa shape index (κ2) is 5.79. The van der Waals surface area contributed by atoms with Gasteiger partial charge in [-0.05, 0) is 36.4 Å². The zero-order valence-electron chi connectivity index (χ0n) is 14.9. The fourth-order valence-corrected chi connectivity index (χ4v) is 3.92. The molecule has 28 heavy (non-hydrogen) atoms. The summed E-state index contributed by atoms with van der Waals surface area (Å²) >= 11 is 0. The lowest BCUT2D eigenvalue weighted by molar-refractivity contribution is 0.618. The summed E-state index contributed by atoms with van der Waals surface area (Å²) in [5.41, 5.74) is 4.71. The summed E-state index contributed by atoms with van der Waals surface area (Å²) in [5, 5.41) is 3.42. The van der Waals surface area contributed by atoms with E-state index in [4.69, 9.17) is 9.40 Å². The normalized spacial score (nSPS) is 11.6. The smallest absolute Gasteiger partial charge is 0.158 e. The molecule has 0 aliphatic carbocycles. The minimum atomic E-state index is 0.843. The highest BCUT2D eigenvalue weighted by molar-refractivity contribution is 6.16. The molecule has 0 N–H and O–H groups in total. The Morgan fingerprint density at radius 3 is 2.54 bits per heavy atom. The minimum Gasteiger partial charge on any atom is -0.462 e. The molecule has 0 fully saturated rings. The van der Waals surface area contributed by atoms with E-state index in [9.17, 15) is 0 Å². The van der Waals surface area contributed by atoms with Gasteiger partial charge in [-0.25, -0.2) is 4.98 Å². The van der Waals surface area contributed by atoms with Crippen molar-refractivity contribution in [2.75, 3.05) is 0 Å². The highest BCUT2D eigenvalue weighted by atomic mass is 16.3. The molecule has 0 bridgehead atoms. The lowest BCUT2D eigenvalue weighted by atomic mass is 10.1. The molecule has 0 amide bonds. The van der Waals surface area contributed by atoms with E-state index < -0.39 is 0 Å². The molecule has 0 unspecified atom stereocenters. The molecule has 0 atom stereocenters. The number of nitrogens with zero attached hydrogens (tertiary/aromatic N) is 3. The number of pyridine rings is 2. The Kier molecular flexibility index (Phi) is 3.14. The second-order valence-corrected chi connectivity index (χ2v) is 6.75. The van der Waals surface area contributed by atoms with Crippen molar-refractivity contribution in [3.63, 3.8) is 0 Å². The van der Waals surface area contributed by atoms with Crippen molar-refractivity contribution in [2.24, 2.45) is 0 Å². The number of benzene rings is 2. The summed E-state index contributed by atoms with van der Waals surface area (Å²) in [6.45, 7) is 0. The average molecular weight is 361 g/mol. The Morgan fingerprint density at radius 2 is 1.61 bits per heavy atom. The van der Waals surface area contributed by atoms with Crippen LogP contribution in [0.4, 0.5) is 0 Å². The SMILES string of the molecule is c1ccc(-c2cccc(-n3c4ccccc4c4ccc5ccoc5c43)n2)nc1. The van der Waals surface area contributed by atoms with Crippen LogP contribution in [0.25, 0.3) is 50.0 Å². The van der Waals surface area contributed by atoms with Gasteiger partial charge in [0.15, 0.2) is 5.58 Å². The van der Waals surface area contributed by atoms with Crippen LogP contribution in [0.3, 0.4) is 0 Å². The second-order valence-electron chi connectivity index (χ2n) is 6.75. The minimum absolute atomic E-state index is 0.843. The van der Waals surface area contributed by atoms with Gasteiger partial charge in [-0.3, -0.25) is 9.55 Å². The van der Waals surface area contributed by atoms with Crippen molar-refractivity contribution in [1.82, 2.24) is 14.5 Å². The van der Waals surface area contributed by atoms with E-state index >= 15 is 0 Å². The maximum atomic E-state index is 5.88. The first-order chi connectivity index (χ1) is 13.9. The first kappa shape index (κ1) is 15.2. The van der Waals surface area contributed by atoms with Crippen LogP contribution in [0.1, 0.15) is 0 Å². The molecule has 4 heteroatoms. The third-order valence-corrected chi connectivity index (χ3v) is 5.14. The van der Waals surface area contributed by atoms with Gasteiger partial charge < -0.3 is 4.42 Å². The van der Waals surface area contributed by atoms with E-state index in [2.05, 4.69) is 45.9 Å². The molecular formula is C24H15N3O. The summed E-state index contributed by atoms with van der Waals surface area (Å²) in [4.78, 5) is 9.38. The third kappa shape index (κ3) is 2.12. The number of fused-ring (bicyclic) bond motifs is 5. The molecule has 0 aliphatic heterocycles. The third-order valence-electron chi connectivity index (χ3n) is 5.14. The van der Waals surface area contributed by atoms with Crippen LogP contribution >= 0.6 is 0 Å². The molecule has 4 nitrogen and oxygen atoms in total. The van der Waals surface area contributed by atoms with Gasteiger partial charge in [0.1, 0.15) is 5.82 Å². The standard InChI is InChI=1S/C24H15N3O/c1-2-9-21-17(6-1)18-12-11-16-13-15-28-24(16)23(18)27(21)22-10-5-8-20(26-22)19-7-3-4-14-25-19/h1-15H. The number of rotatable bonds is 2. The van der Waals surface area contributed by atoms with E-state index in [1.807, 2.05) is 42.5 Å². The van der Waals surface area contributed by atoms with Crippen molar-refractivity contribution >= 4 is 32.8 Å². The fourth-order valence-electron chi connectivity index (χ4n) is 3.92. The number of para-hydroxylation sites is 1. The van der Waals surface area contributed by atoms with Crippen molar-refractivity contribution in [1.29, 1.82) is 0 Å². The molecule has 0 saturated heterocycles. The van der Waals surface area contributed by atoms with Crippen LogP contribution in [0.2, 0.25) is 0 Å². The molecule has 4 aromatic heterocycles. The Bertz CT molecular complexity index is 1460. The van der Waals surface area contributed by atoms with Crippen molar-refractivity contribution < 1.29 is 4.42 Å². The van der Waals surface area contributed by atoms with Crippen LogP contribution < -0.4 is 0 Å².